The van der Waals surface area contributed by atoms with Gasteiger partial charge in [-0.15, -0.1) is 0 Å². The van der Waals surface area contributed by atoms with Gasteiger partial charge in [0.05, 0.1) is 19.9 Å². The van der Waals surface area contributed by atoms with E-state index in [0.717, 1.165) is 17.9 Å². The summed E-state index contributed by atoms with van der Waals surface area (Å²) in [7, 11) is 3.90. The lowest BCUT2D eigenvalue weighted by atomic mass is 9.94. The van der Waals surface area contributed by atoms with Crippen LogP contribution in [0.1, 0.15) is 13.8 Å². The van der Waals surface area contributed by atoms with Gasteiger partial charge in [-0.1, -0.05) is 13.8 Å². The highest BCUT2D eigenvalue weighted by Crippen LogP contribution is 2.16. The smallest absolute Gasteiger partial charge is 0.108 e. The molecule has 0 bridgehead atoms. The highest BCUT2D eigenvalue weighted by atomic mass is 15.1. The average molecular weight is 309 g/mol. The molecule has 0 amide bonds. The standard InChI is InChI=1S/C11H19N3.C5H13N3/c1-11(2,7-12)8-14-10-5-3-9(13)4-6-10;1-7-3-4-8(2)5-6/h3-6,14H,7-8,12-13H2,1-2H3;3-4,7H,5-6H2,1-2H3/p+1/b;4-3-. The van der Waals surface area contributed by atoms with Gasteiger partial charge in [-0.2, -0.15) is 0 Å². The molecule has 126 valence electrons. The molecule has 1 aromatic carbocycles. The largest absolute Gasteiger partial charge is 0.399 e. The van der Waals surface area contributed by atoms with Gasteiger partial charge in [-0.25, -0.2) is 0 Å². The van der Waals surface area contributed by atoms with Crippen molar-refractivity contribution in [3.8, 4) is 0 Å². The number of hydrogen-bond donors (Lipinski definition) is 5. The SMILES string of the molecule is CC(C)(CN)CNc1ccc(N)cc1.C[NH2+]/C=C\N(C)CN. The van der Waals surface area contributed by atoms with Crippen LogP contribution in [0.4, 0.5) is 11.4 Å². The van der Waals surface area contributed by atoms with Gasteiger partial charge in [-0.05, 0) is 36.2 Å². The van der Waals surface area contributed by atoms with Gasteiger partial charge in [-0.3, -0.25) is 0 Å². The fourth-order valence-corrected chi connectivity index (χ4v) is 1.31. The zero-order chi connectivity index (χ0) is 17.0. The number of quaternary nitrogens is 1. The first kappa shape index (κ1) is 20.2. The van der Waals surface area contributed by atoms with Crippen molar-refractivity contribution >= 4 is 11.4 Å². The third-order valence-corrected chi connectivity index (χ3v) is 3.06. The number of anilines is 2. The summed E-state index contributed by atoms with van der Waals surface area (Å²) < 4.78 is 0. The molecule has 6 heteroatoms. The lowest BCUT2D eigenvalue weighted by Gasteiger charge is -2.23. The Bertz CT molecular complexity index is 413. The molecule has 0 atom stereocenters. The van der Waals surface area contributed by atoms with E-state index >= 15 is 0 Å². The predicted octanol–water partition coefficient (Wildman–Crippen LogP) is 0.164. The number of nitrogens with two attached hydrogens (primary N) is 4. The third kappa shape index (κ3) is 10.0. The first-order valence-electron chi connectivity index (χ1n) is 7.50. The molecule has 0 aliphatic carbocycles. The normalized spacial score (nSPS) is 11.0. The Hall–Kier alpha value is -1.76. The first-order valence-corrected chi connectivity index (χ1v) is 7.50. The van der Waals surface area contributed by atoms with Crippen LogP contribution < -0.4 is 27.8 Å². The van der Waals surface area contributed by atoms with E-state index in [4.69, 9.17) is 17.2 Å². The minimum Gasteiger partial charge on any atom is -0.399 e. The molecule has 0 radical (unpaired) electrons. The fourth-order valence-electron chi connectivity index (χ4n) is 1.31. The molecule has 22 heavy (non-hydrogen) atoms. The van der Waals surface area contributed by atoms with Gasteiger partial charge in [0.25, 0.3) is 0 Å². The van der Waals surface area contributed by atoms with E-state index in [9.17, 15) is 0 Å². The molecule has 0 saturated carbocycles. The lowest BCUT2D eigenvalue weighted by Crippen LogP contribution is -2.72. The second-order valence-corrected chi connectivity index (χ2v) is 5.96. The van der Waals surface area contributed by atoms with Crippen molar-refractivity contribution in [3.05, 3.63) is 36.7 Å². The Labute approximate surface area is 134 Å². The number of nitrogens with one attached hydrogen (secondary N) is 1. The monoisotopic (exact) mass is 309 g/mol. The van der Waals surface area contributed by atoms with Crippen LogP contribution in [-0.4, -0.2) is 38.8 Å². The Morgan fingerprint density at radius 2 is 1.82 bits per heavy atom. The van der Waals surface area contributed by atoms with Gasteiger partial charge >= 0.3 is 0 Å². The zero-order valence-corrected chi connectivity index (χ0v) is 14.3. The van der Waals surface area contributed by atoms with E-state index < -0.39 is 0 Å². The Morgan fingerprint density at radius 1 is 1.23 bits per heavy atom. The van der Waals surface area contributed by atoms with Crippen LogP contribution in [0.25, 0.3) is 0 Å². The fraction of sp³-hybridized carbons (Fsp3) is 0.500. The quantitative estimate of drug-likeness (QED) is 0.364. The second-order valence-electron chi connectivity index (χ2n) is 5.96. The molecule has 1 aromatic rings. The van der Waals surface area contributed by atoms with E-state index in [2.05, 4.69) is 19.2 Å². The molecular weight excluding hydrogens is 276 g/mol. The number of nitrogen functional groups attached to an aromatic ring is 1. The van der Waals surface area contributed by atoms with E-state index in [0.29, 0.717) is 13.2 Å². The lowest BCUT2D eigenvalue weighted by molar-refractivity contribution is -0.557. The van der Waals surface area contributed by atoms with Gasteiger partial charge in [0.2, 0.25) is 0 Å². The van der Waals surface area contributed by atoms with Crippen LogP contribution in [0.2, 0.25) is 0 Å². The van der Waals surface area contributed by atoms with E-state index in [1.807, 2.05) is 61.0 Å². The summed E-state index contributed by atoms with van der Waals surface area (Å²) in [6, 6.07) is 7.72. The minimum atomic E-state index is 0.126. The maximum atomic E-state index is 5.63. The molecule has 0 aliphatic heterocycles. The average Bonchev–Trinajstić information content (AvgIpc) is 2.52. The molecular formula is C16H33N6+. The van der Waals surface area contributed by atoms with Crippen molar-refractivity contribution in [2.24, 2.45) is 16.9 Å². The van der Waals surface area contributed by atoms with Gasteiger partial charge in [0.1, 0.15) is 6.20 Å². The molecule has 0 unspecified atom stereocenters. The van der Waals surface area contributed by atoms with Crippen LogP contribution in [0.5, 0.6) is 0 Å². The molecule has 0 aromatic heterocycles. The molecule has 0 aliphatic rings. The topological polar surface area (TPSA) is 110 Å². The van der Waals surface area contributed by atoms with Crippen molar-refractivity contribution in [1.82, 2.24) is 4.90 Å². The van der Waals surface area contributed by atoms with Gasteiger partial charge < -0.3 is 32.7 Å². The summed E-state index contributed by atoms with van der Waals surface area (Å²) in [6.45, 7) is 6.39. The second kappa shape index (κ2) is 10.9. The summed E-state index contributed by atoms with van der Waals surface area (Å²) in [4.78, 5) is 1.90. The minimum absolute atomic E-state index is 0.126. The van der Waals surface area contributed by atoms with Crippen molar-refractivity contribution in [2.75, 3.05) is 44.9 Å². The zero-order valence-electron chi connectivity index (χ0n) is 14.3. The van der Waals surface area contributed by atoms with E-state index in [1.165, 1.54) is 0 Å². The van der Waals surface area contributed by atoms with Gasteiger partial charge in [0, 0.05) is 25.0 Å². The molecule has 1 rings (SSSR count). The summed E-state index contributed by atoms with van der Waals surface area (Å²) in [6.07, 6.45) is 3.88. The Morgan fingerprint density at radius 3 is 2.27 bits per heavy atom. The van der Waals surface area contributed by atoms with Crippen molar-refractivity contribution in [3.63, 3.8) is 0 Å². The van der Waals surface area contributed by atoms with Crippen LogP contribution in [0, 0.1) is 5.41 Å². The number of rotatable bonds is 7. The first-order chi connectivity index (χ1) is 10.3. The Balaban J connectivity index is 0.000000472. The van der Waals surface area contributed by atoms with Crippen molar-refractivity contribution in [1.29, 1.82) is 0 Å². The molecule has 6 nitrogen and oxygen atoms in total. The molecule has 0 fully saturated rings. The Kier molecular flexibility index (Phi) is 10.0. The number of benzene rings is 1. The van der Waals surface area contributed by atoms with Crippen LogP contribution in [-0.2, 0) is 0 Å². The summed E-state index contributed by atoms with van der Waals surface area (Å²) in [5.74, 6) is 0. The van der Waals surface area contributed by atoms with Crippen LogP contribution in [0.3, 0.4) is 0 Å². The molecule has 9 N–H and O–H groups in total. The molecule has 0 spiro atoms. The summed E-state index contributed by atoms with van der Waals surface area (Å²) in [5.41, 5.74) is 18.5. The van der Waals surface area contributed by atoms with Gasteiger partial charge in [0.15, 0.2) is 0 Å². The van der Waals surface area contributed by atoms with Crippen molar-refractivity contribution < 1.29 is 5.32 Å². The van der Waals surface area contributed by atoms with Crippen molar-refractivity contribution in [2.45, 2.75) is 13.8 Å². The summed E-state index contributed by atoms with van der Waals surface area (Å²) in [5, 5.41) is 5.29. The predicted molar refractivity (Wildman–Crippen MR) is 96.0 cm³/mol. The number of hydrogen-bond acceptors (Lipinski definition) is 5. The molecule has 0 heterocycles. The van der Waals surface area contributed by atoms with E-state index in [-0.39, 0.29) is 5.41 Å². The highest BCUT2D eigenvalue weighted by molar-refractivity contribution is 5.51. The van der Waals surface area contributed by atoms with E-state index in [1.54, 1.807) is 0 Å². The highest BCUT2D eigenvalue weighted by Gasteiger charge is 2.14. The number of nitrogens with zero attached hydrogens (tertiary/aromatic N) is 1. The van der Waals surface area contributed by atoms with Crippen LogP contribution >= 0.6 is 0 Å². The summed E-state index contributed by atoms with van der Waals surface area (Å²) >= 11 is 0. The third-order valence-electron chi connectivity index (χ3n) is 3.06. The van der Waals surface area contributed by atoms with Crippen LogP contribution in [0.15, 0.2) is 36.7 Å². The molecule has 0 saturated heterocycles. The maximum absolute atomic E-state index is 5.63. The maximum Gasteiger partial charge on any atom is 0.108 e.